The van der Waals surface area contributed by atoms with Crippen molar-refractivity contribution in [3.8, 4) is 17.2 Å². The normalized spacial score (nSPS) is 16.7. The number of nitrogens with zero attached hydrogens (tertiary/aromatic N) is 2. The van der Waals surface area contributed by atoms with Crippen molar-refractivity contribution in [1.29, 1.82) is 0 Å². The number of hydrogen-bond acceptors (Lipinski definition) is 6. The zero-order valence-corrected chi connectivity index (χ0v) is 16.6. The lowest BCUT2D eigenvalue weighted by Crippen LogP contribution is -2.32. The number of nitrogens with one attached hydrogen (secondary N) is 1. The molecular weight excluding hydrogens is 346 g/mol. The van der Waals surface area contributed by atoms with Gasteiger partial charge in [-0.05, 0) is 25.8 Å². The van der Waals surface area contributed by atoms with E-state index in [1.165, 1.54) is 0 Å². The highest BCUT2D eigenvalue weighted by Gasteiger charge is 2.23. The molecule has 0 unspecified atom stereocenters. The van der Waals surface area contributed by atoms with Crippen LogP contribution >= 0.6 is 0 Å². The molecule has 27 heavy (non-hydrogen) atoms. The molecule has 1 aromatic carbocycles. The predicted octanol–water partition coefficient (Wildman–Crippen LogP) is 2.93. The Hall–Kier alpha value is -2.25. The van der Waals surface area contributed by atoms with Gasteiger partial charge in [-0.25, -0.2) is 4.98 Å². The molecule has 0 spiro atoms. The van der Waals surface area contributed by atoms with Crippen molar-refractivity contribution in [2.24, 2.45) is 0 Å². The average molecular weight is 375 g/mol. The first-order chi connectivity index (χ1) is 13.2. The topological polar surface area (TPSA) is 68.8 Å². The second kappa shape index (κ2) is 9.10. The Morgan fingerprint density at radius 3 is 2.56 bits per heavy atom. The molecule has 1 atom stereocenters. The molecule has 1 aliphatic rings. The van der Waals surface area contributed by atoms with Gasteiger partial charge in [0.25, 0.3) is 0 Å². The summed E-state index contributed by atoms with van der Waals surface area (Å²) in [5.41, 5.74) is 3.18. The van der Waals surface area contributed by atoms with E-state index in [0.717, 1.165) is 49.5 Å². The van der Waals surface area contributed by atoms with Gasteiger partial charge in [0.15, 0.2) is 11.5 Å². The summed E-state index contributed by atoms with van der Waals surface area (Å²) in [6, 6.07) is 3.95. The molecule has 0 aliphatic carbocycles. The molecule has 7 heteroatoms. The minimum absolute atomic E-state index is 0.260. The number of aromatic amines is 1. The summed E-state index contributed by atoms with van der Waals surface area (Å²) in [6.07, 6.45) is 4.22. The second-order valence-electron chi connectivity index (χ2n) is 6.77. The van der Waals surface area contributed by atoms with Crippen LogP contribution in [0.1, 0.15) is 29.8 Å². The van der Waals surface area contributed by atoms with Crippen molar-refractivity contribution in [3.05, 3.63) is 35.4 Å². The summed E-state index contributed by atoms with van der Waals surface area (Å²) in [4.78, 5) is 9.97. The van der Waals surface area contributed by atoms with Crippen LogP contribution in [0.25, 0.3) is 0 Å². The van der Waals surface area contributed by atoms with Gasteiger partial charge in [0, 0.05) is 37.5 Å². The lowest BCUT2D eigenvalue weighted by atomic mass is 10.1. The number of rotatable bonds is 9. The Morgan fingerprint density at radius 1 is 1.15 bits per heavy atom. The van der Waals surface area contributed by atoms with Crippen LogP contribution in [0.15, 0.2) is 18.5 Å². The number of hydrogen-bond donors (Lipinski definition) is 1. The number of ether oxygens (including phenoxy) is 4. The fraction of sp³-hybridized carbons (Fsp3) is 0.550. The minimum Gasteiger partial charge on any atom is -0.493 e. The summed E-state index contributed by atoms with van der Waals surface area (Å²) in [5, 5.41) is 0. The summed E-state index contributed by atoms with van der Waals surface area (Å²) in [6.45, 7) is 5.19. The van der Waals surface area contributed by atoms with Crippen molar-refractivity contribution >= 4 is 0 Å². The summed E-state index contributed by atoms with van der Waals surface area (Å²) in [7, 11) is 4.91. The van der Waals surface area contributed by atoms with Crippen molar-refractivity contribution in [1.82, 2.24) is 14.9 Å². The highest BCUT2D eigenvalue weighted by atomic mass is 16.5. The smallest absolute Gasteiger partial charge is 0.203 e. The molecule has 1 aliphatic heterocycles. The molecule has 1 saturated heterocycles. The standard InChI is InChI=1S/C20H29N3O4/c1-14-17(22-13-21-14)12-23(11-16-6-5-9-27-16)10-15-7-8-18(24-2)20(26-4)19(15)25-3/h7-8,13,16H,5-6,9-12H2,1-4H3,(H,21,22)/t16-/m0/s1. The van der Waals surface area contributed by atoms with Gasteiger partial charge in [-0.2, -0.15) is 0 Å². The molecule has 0 bridgehead atoms. The number of aryl methyl sites for hydroxylation is 1. The number of H-pyrrole nitrogens is 1. The second-order valence-corrected chi connectivity index (χ2v) is 6.77. The molecular formula is C20H29N3O4. The Labute approximate surface area is 160 Å². The Bertz CT molecular complexity index is 741. The van der Waals surface area contributed by atoms with Crippen LogP contribution in [-0.4, -0.2) is 55.5 Å². The van der Waals surface area contributed by atoms with Crippen molar-refractivity contribution in [2.45, 2.75) is 39.0 Å². The van der Waals surface area contributed by atoms with E-state index in [2.05, 4.69) is 14.9 Å². The van der Waals surface area contributed by atoms with E-state index in [9.17, 15) is 0 Å². The summed E-state index contributed by atoms with van der Waals surface area (Å²) in [5.74, 6) is 1.98. The van der Waals surface area contributed by atoms with E-state index in [-0.39, 0.29) is 6.10 Å². The van der Waals surface area contributed by atoms with Crippen LogP contribution in [0.3, 0.4) is 0 Å². The quantitative estimate of drug-likeness (QED) is 0.727. The zero-order valence-electron chi connectivity index (χ0n) is 16.6. The van der Waals surface area contributed by atoms with E-state index in [1.54, 1.807) is 27.7 Å². The van der Waals surface area contributed by atoms with Crippen LogP contribution in [0.2, 0.25) is 0 Å². The fourth-order valence-electron chi connectivity index (χ4n) is 3.55. The molecule has 2 heterocycles. The van der Waals surface area contributed by atoms with Gasteiger partial charge < -0.3 is 23.9 Å². The Balaban J connectivity index is 1.85. The lowest BCUT2D eigenvalue weighted by Gasteiger charge is -2.26. The number of aromatic nitrogens is 2. The third kappa shape index (κ3) is 4.54. The Morgan fingerprint density at radius 2 is 1.96 bits per heavy atom. The summed E-state index contributed by atoms with van der Waals surface area (Å²) < 4.78 is 22.4. The minimum atomic E-state index is 0.260. The maximum Gasteiger partial charge on any atom is 0.203 e. The molecule has 7 nitrogen and oxygen atoms in total. The van der Waals surface area contributed by atoms with Crippen LogP contribution in [0.5, 0.6) is 17.2 Å². The van der Waals surface area contributed by atoms with Crippen LogP contribution in [-0.2, 0) is 17.8 Å². The first kappa shape index (κ1) is 19.5. The molecule has 2 aromatic rings. The van der Waals surface area contributed by atoms with Crippen LogP contribution < -0.4 is 14.2 Å². The zero-order chi connectivity index (χ0) is 19.2. The summed E-state index contributed by atoms with van der Waals surface area (Å²) >= 11 is 0. The van der Waals surface area contributed by atoms with Gasteiger partial charge in [0.2, 0.25) is 5.75 Å². The number of methoxy groups -OCH3 is 3. The maximum absolute atomic E-state index is 5.86. The fourth-order valence-corrected chi connectivity index (χ4v) is 3.55. The van der Waals surface area contributed by atoms with E-state index >= 15 is 0 Å². The average Bonchev–Trinajstić information content (AvgIpc) is 3.33. The lowest BCUT2D eigenvalue weighted by molar-refractivity contribution is 0.0671. The van der Waals surface area contributed by atoms with Crippen LogP contribution in [0, 0.1) is 6.92 Å². The largest absolute Gasteiger partial charge is 0.493 e. The van der Waals surface area contributed by atoms with E-state index < -0.39 is 0 Å². The molecule has 3 rings (SSSR count). The molecule has 1 N–H and O–H groups in total. The predicted molar refractivity (Wildman–Crippen MR) is 103 cm³/mol. The molecule has 0 saturated carbocycles. The van der Waals surface area contributed by atoms with Gasteiger partial charge in [-0.1, -0.05) is 6.07 Å². The van der Waals surface area contributed by atoms with E-state index in [1.807, 2.05) is 19.1 Å². The monoisotopic (exact) mass is 375 g/mol. The molecule has 1 aromatic heterocycles. The van der Waals surface area contributed by atoms with E-state index in [4.69, 9.17) is 18.9 Å². The van der Waals surface area contributed by atoms with Gasteiger partial charge in [0.1, 0.15) is 0 Å². The highest BCUT2D eigenvalue weighted by Crippen LogP contribution is 2.40. The molecule has 0 radical (unpaired) electrons. The first-order valence-corrected chi connectivity index (χ1v) is 9.26. The highest BCUT2D eigenvalue weighted by molar-refractivity contribution is 5.55. The van der Waals surface area contributed by atoms with Gasteiger partial charge >= 0.3 is 0 Å². The molecule has 1 fully saturated rings. The molecule has 148 valence electrons. The third-order valence-corrected chi connectivity index (χ3v) is 4.97. The number of benzene rings is 1. The van der Waals surface area contributed by atoms with Crippen molar-refractivity contribution < 1.29 is 18.9 Å². The molecule has 0 amide bonds. The number of imidazole rings is 1. The maximum atomic E-state index is 5.86. The third-order valence-electron chi connectivity index (χ3n) is 4.97. The Kier molecular flexibility index (Phi) is 6.58. The van der Waals surface area contributed by atoms with Gasteiger partial charge in [-0.3, -0.25) is 4.90 Å². The first-order valence-electron chi connectivity index (χ1n) is 9.26. The van der Waals surface area contributed by atoms with Gasteiger partial charge in [-0.15, -0.1) is 0 Å². The van der Waals surface area contributed by atoms with E-state index in [0.29, 0.717) is 23.8 Å². The van der Waals surface area contributed by atoms with Crippen molar-refractivity contribution in [2.75, 3.05) is 34.5 Å². The SMILES string of the molecule is COc1ccc(CN(Cc2nc[nH]c2C)C[C@@H]2CCCO2)c(OC)c1OC. The van der Waals surface area contributed by atoms with Crippen LogP contribution in [0.4, 0.5) is 0 Å². The van der Waals surface area contributed by atoms with Gasteiger partial charge in [0.05, 0.1) is 39.5 Å². The van der Waals surface area contributed by atoms with Crippen molar-refractivity contribution in [3.63, 3.8) is 0 Å².